The van der Waals surface area contributed by atoms with Crippen LogP contribution in [0, 0.1) is 5.41 Å². The topological polar surface area (TPSA) is 114 Å². The second kappa shape index (κ2) is 8.14. The maximum atomic E-state index is 12.7. The van der Waals surface area contributed by atoms with Gasteiger partial charge in [0.1, 0.15) is 5.41 Å². The normalized spacial score (nSPS) is 13.7. The third kappa shape index (κ3) is 4.60. The Hall–Kier alpha value is -3.68. The molecule has 0 unspecified atom stereocenters. The molecule has 0 spiro atoms. The van der Waals surface area contributed by atoms with Crippen molar-refractivity contribution in [2.75, 3.05) is 23.1 Å². The number of ether oxygens (including phenoxy) is 1. The van der Waals surface area contributed by atoms with E-state index in [9.17, 15) is 19.2 Å². The maximum Gasteiger partial charge on any atom is 0.337 e. The third-order valence-electron chi connectivity index (χ3n) is 4.62. The fraction of sp³-hybridized carbons (Fsp3) is 0.238. The molecule has 1 fully saturated rings. The molecule has 0 heterocycles. The van der Waals surface area contributed by atoms with Crippen LogP contribution in [-0.4, -0.2) is 30.8 Å². The summed E-state index contributed by atoms with van der Waals surface area (Å²) in [5, 5.41) is 8.11. The Bertz CT molecular complexity index is 965. The zero-order valence-corrected chi connectivity index (χ0v) is 16.1. The van der Waals surface area contributed by atoms with E-state index in [-0.39, 0.29) is 5.91 Å². The van der Waals surface area contributed by atoms with Crippen molar-refractivity contribution in [3.05, 3.63) is 54.1 Å². The summed E-state index contributed by atoms with van der Waals surface area (Å²) in [7, 11) is 1.29. The van der Waals surface area contributed by atoms with Gasteiger partial charge in [0.05, 0.1) is 12.7 Å². The van der Waals surface area contributed by atoms with Gasteiger partial charge >= 0.3 is 5.97 Å². The van der Waals surface area contributed by atoms with Gasteiger partial charge < -0.3 is 20.7 Å². The highest BCUT2D eigenvalue weighted by Crippen LogP contribution is 2.47. The number of benzene rings is 2. The molecule has 1 aliphatic rings. The Kier molecular flexibility index (Phi) is 5.63. The molecule has 0 aromatic heterocycles. The summed E-state index contributed by atoms with van der Waals surface area (Å²) in [6.45, 7) is 1.40. The van der Waals surface area contributed by atoms with Crippen LogP contribution in [0.25, 0.3) is 0 Å². The quantitative estimate of drug-likeness (QED) is 0.514. The number of methoxy groups -OCH3 is 1. The van der Waals surface area contributed by atoms with Gasteiger partial charge in [0, 0.05) is 24.0 Å². The number of rotatable bonds is 6. The molecule has 0 aliphatic heterocycles. The summed E-state index contributed by atoms with van der Waals surface area (Å²) in [5.74, 6) is -1.49. The van der Waals surface area contributed by atoms with E-state index in [1.165, 1.54) is 26.2 Å². The van der Waals surface area contributed by atoms with Crippen LogP contribution in [0.4, 0.5) is 17.1 Å². The number of hydrogen-bond donors (Lipinski definition) is 3. The molecule has 8 heteroatoms. The first-order valence-corrected chi connectivity index (χ1v) is 9.03. The molecule has 2 aromatic rings. The Balaban J connectivity index is 1.66. The molecular formula is C21H21N3O5. The van der Waals surface area contributed by atoms with E-state index in [4.69, 9.17) is 0 Å². The number of carbonyl (C=O) groups is 4. The lowest BCUT2D eigenvalue weighted by molar-refractivity contribution is -0.131. The van der Waals surface area contributed by atoms with Gasteiger partial charge in [0.2, 0.25) is 17.7 Å². The van der Waals surface area contributed by atoms with E-state index in [0.29, 0.717) is 35.5 Å². The molecule has 0 atom stereocenters. The molecular weight excluding hydrogens is 374 g/mol. The molecule has 3 amide bonds. The highest BCUT2D eigenvalue weighted by Gasteiger charge is 2.56. The van der Waals surface area contributed by atoms with Gasteiger partial charge in [-0.15, -0.1) is 0 Å². The lowest BCUT2D eigenvalue weighted by Gasteiger charge is -2.16. The van der Waals surface area contributed by atoms with E-state index in [0.717, 1.165) is 0 Å². The van der Waals surface area contributed by atoms with E-state index < -0.39 is 23.2 Å². The number of amides is 3. The number of carbonyl (C=O) groups excluding carboxylic acids is 4. The predicted octanol–water partition coefficient (Wildman–Crippen LogP) is 2.79. The highest BCUT2D eigenvalue weighted by atomic mass is 16.5. The average molecular weight is 395 g/mol. The first-order valence-electron chi connectivity index (χ1n) is 9.03. The van der Waals surface area contributed by atoms with Crippen molar-refractivity contribution in [2.24, 2.45) is 5.41 Å². The minimum absolute atomic E-state index is 0.218. The van der Waals surface area contributed by atoms with E-state index in [1.807, 2.05) is 0 Å². The van der Waals surface area contributed by atoms with Crippen LogP contribution in [0.15, 0.2) is 48.5 Å². The van der Waals surface area contributed by atoms with Crippen LogP contribution >= 0.6 is 0 Å². The van der Waals surface area contributed by atoms with Crippen molar-refractivity contribution < 1.29 is 23.9 Å². The largest absolute Gasteiger partial charge is 0.465 e. The third-order valence-corrected chi connectivity index (χ3v) is 4.62. The Morgan fingerprint density at radius 1 is 0.828 bits per heavy atom. The summed E-state index contributed by atoms with van der Waals surface area (Å²) >= 11 is 0. The summed E-state index contributed by atoms with van der Waals surface area (Å²) in [6, 6.07) is 12.9. The number of nitrogens with one attached hydrogen (secondary N) is 3. The highest BCUT2D eigenvalue weighted by molar-refractivity contribution is 6.17. The van der Waals surface area contributed by atoms with Crippen LogP contribution in [0.2, 0.25) is 0 Å². The van der Waals surface area contributed by atoms with Crippen molar-refractivity contribution in [2.45, 2.75) is 19.8 Å². The lowest BCUT2D eigenvalue weighted by Crippen LogP contribution is -2.35. The summed E-state index contributed by atoms with van der Waals surface area (Å²) < 4.78 is 4.64. The molecule has 0 saturated heterocycles. The van der Waals surface area contributed by atoms with Crippen molar-refractivity contribution in [3.63, 3.8) is 0 Å². The predicted molar refractivity (Wildman–Crippen MR) is 107 cm³/mol. The van der Waals surface area contributed by atoms with Gasteiger partial charge in [-0.25, -0.2) is 4.79 Å². The van der Waals surface area contributed by atoms with E-state index in [2.05, 4.69) is 20.7 Å². The van der Waals surface area contributed by atoms with Crippen LogP contribution in [0.5, 0.6) is 0 Å². The standard InChI is InChI=1S/C21H21N3O5/c1-13(25)22-16-4-3-5-17(12-16)24-20(28)21(10-11-21)19(27)23-15-8-6-14(7-9-15)18(26)29-2/h3-9,12H,10-11H2,1-2H3,(H,22,25)(H,23,27)(H,24,28). The van der Waals surface area contributed by atoms with Crippen molar-refractivity contribution >= 4 is 40.8 Å². The maximum absolute atomic E-state index is 12.7. The summed E-state index contributed by atoms with van der Waals surface area (Å²) in [5.41, 5.74) is 0.751. The fourth-order valence-corrected chi connectivity index (χ4v) is 2.87. The Labute approximate surface area is 167 Å². The lowest BCUT2D eigenvalue weighted by atomic mass is 10.0. The molecule has 2 aromatic carbocycles. The zero-order valence-electron chi connectivity index (χ0n) is 16.1. The van der Waals surface area contributed by atoms with Crippen LogP contribution in [0.3, 0.4) is 0 Å². The Morgan fingerprint density at radius 2 is 1.38 bits per heavy atom. The molecule has 8 nitrogen and oxygen atoms in total. The number of esters is 1. The summed E-state index contributed by atoms with van der Waals surface area (Å²) in [6.07, 6.45) is 0.882. The molecule has 0 bridgehead atoms. The molecule has 3 N–H and O–H groups in total. The van der Waals surface area contributed by atoms with Gasteiger partial charge in [-0.05, 0) is 55.3 Å². The zero-order chi connectivity index (χ0) is 21.0. The monoisotopic (exact) mass is 395 g/mol. The first-order chi connectivity index (χ1) is 13.8. The van der Waals surface area contributed by atoms with E-state index in [1.54, 1.807) is 36.4 Å². The number of anilines is 3. The molecule has 1 saturated carbocycles. The van der Waals surface area contributed by atoms with Crippen molar-refractivity contribution in [1.82, 2.24) is 0 Å². The van der Waals surface area contributed by atoms with Gasteiger partial charge in [-0.2, -0.15) is 0 Å². The van der Waals surface area contributed by atoms with Crippen LogP contribution in [-0.2, 0) is 19.1 Å². The second-order valence-corrected chi connectivity index (χ2v) is 6.82. The second-order valence-electron chi connectivity index (χ2n) is 6.82. The van der Waals surface area contributed by atoms with Crippen LogP contribution < -0.4 is 16.0 Å². The molecule has 150 valence electrons. The summed E-state index contributed by atoms with van der Waals surface area (Å²) in [4.78, 5) is 48.1. The van der Waals surface area contributed by atoms with Crippen LogP contribution in [0.1, 0.15) is 30.1 Å². The van der Waals surface area contributed by atoms with Gasteiger partial charge in [-0.1, -0.05) is 6.07 Å². The molecule has 29 heavy (non-hydrogen) atoms. The van der Waals surface area contributed by atoms with Gasteiger partial charge in [0.25, 0.3) is 0 Å². The smallest absolute Gasteiger partial charge is 0.337 e. The van der Waals surface area contributed by atoms with E-state index >= 15 is 0 Å². The average Bonchev–Trinajstić information content (AvgIpc) is 3.50. The Morgan fingerprint density at radius 3 is 1.90 bits per heavy atom. The van der Waals surface area contributed by atoms with Crippen molar-refractivity contribution in [1.29, 1.82) is 0 Å². The number of hydrogen-bond acceptors (Lipinski definition) is 5. The molecule has 1 aliphatic carbocycles. The van der Waals surface area contributed by atoms with Gasteiger partial charge in [-0.3, -0.25) is 14.4 Å². The minimum atomic E-state index is -1.13. The van der Waals surface area contributed by atoms with Crippen molar-refractivity contribution in [3.8, 4) is 0 Å². The fourth-order valence-electron chi connectivity index (χ4n) is 2.87. The SMILES string of the molecule is COC(=O)c1ccc(NC(=O)C2(C(=O)Nc3cccc(NC(C)=O)c3)CC2)cc1. The minimum Gasteiger partial charge on any atom is -0.465 e. The first kappa shape index (κ1) is 20.1. The molecule has 3 rings (SSSR count). The molecule has 0 radical (unpaired) electrons. The van der Waals surface area contributed by atoms with Gasteiger partial charge in [0.15, 0.2) is 0 Å².